The second-order valence-electron chi connectivity index (χ2n) is 3.35. The molecule has 0 fully saturated rings. The summed E-state index contributed by atoms with van der Waals surface area (Å²) in [5.41, 5.74) is 0.313. The highest BCUT2D eigenvalue weighted by atomic mass is 35.5. The number of halogens is 1. The molecular formula is C11H13ClN2O3S. The quantitative estimate of drug-likeness (QED) is 0.805. The lowest BCUT2D eigenvalue weighted by Gasteiger charge is -2.08. The van der Waals surface area contributed by atoms with Crippen LogP contribution in [0.5, 0.6) is 0 Å². The Bertz CT molecular complexity index is 552. The number of hydrogen-bond donors (Lipinski definition) is 1. The van der Waals surface area contributed by atoms with E-state index in [4.69, 9.17) is 21.6 Å². The predicted octanol–water partition coefficient (Wildman–Crippen LogP) is 1.53. The van der Waals surface area contributed by atoms with E-state index in [0.717, 1.165) is 0 Å². The van der Waals surface area contributed by atoms with Crippen molar-refractivity contribution in [1.29, 1.82) is 5.26 Å². The minimum atomic E-state index is -3.67. The van der Waals surface area contributed by atoms with Crippen molar-refractivity contribution in [3.63, 3.8) is 0 Å². The predicted molar refractivity (Wildman–Crippen MR) is 67.8 cm³/mol. The van der Waals surface area contributed by atoms with Gasteiger partial charge in [0, 0.05) is 13.2 Å². The standard InChI is InChI=1S/C11H13ClN2O3S/c1-2-17-6-5-14-18(15,16)11-4-3-9(8-13)7-10(11)12/h3-4,7,14H,2,5-6H2,1H3. The fraction of sp³-hybridized carbons (Fsp3) is 0.364. The minimum Gasteiger partial charge on any atom is -0.380 e. The van der Waals surface area contributed by atoms with Crippen molar-refractivity contribution >= 4 is 21.6 Å². The molecule has 0 aliphatic heterocycles. The molecule has 1 aromatic carbocycles. The van der Waals surface area contributed by atoms with E-state index >= 15 is 0 Å². The van der Waals surface area contributed by atoms with E-state index in [1.807, 2.05) is 13.0 Å². The first-order chi connectivity index (χ1) is 8.51. The van der Waals surface area contributed by atoms with E-state index in [1.165, 1.54) is 18.2 Å². The van der Waals surface area contributed by atoms with Gasteiger partial charge in [-0.05, 0) is 25.1 Å². The first-order valence-electron chi connectivity index (χ1n) is 5.28. The number of nitrogens with one attached hydrogen (secondary N) is 1. The van der Waals surface area contributed by atoms with Crippen molar-refractivity contribution in [3.8, 4) is 6.07 Å². The molecule has 0 saturated carbocycles. The van der Waals surface area contributed by atoms with Crippen LogP contribution in [0.1, 0.15) is 12.5 Å². The molecule has 1 rings (SSSR count). The fourth-order valence-electron chi connectivity index (χ4n) is 1.26. The van der Waals surface area contributed by atoms with Gasteiger partial charge in [-0.1, -0.05) is 11.6 Å². The average molecular weight is 289 g/mol. The summed E-state index contributed by atoms with van der Waals surface area (Å²) in [7, 11) is -3.67. The van der Waals surface area contributed by atoms with Gasteiger partial charge in [-0.3, -0.25) is 0 Å². The van der Waals surface area contributed by atoms with Gasteiger partial charge in [0.1, 0.15) is 4.90 Å². The maximum atomic E-state index is 11.9. The van der Waals surface area contributed by atoms with Gasteiger partial charge in [-0.15, -0.1) is 0 Å². The van der Waals surface area contributed by atoms with Crippen molar-refractivity contribution in [2.45, 2.75) is 11.8 Å². The van der Waals surface area contributed by atoms with Gasteiger partial charge in [0.05, 0.1) is 23.3 Å². The summed E-state index contributed by atoms with van der Waals surface area (Å²) in [6.07, 6.45) is 0. The molecule has 0 atom stereocenters. The largest absolute Gasteiger partial charge is 0.380 e. The zero-order valence-corrected chi connectivity index (χ0v) is 11.4. The SMILES string of the molecule is CCOCCNS(=O)(=O)c1ccc(C#N)cc1Cl. The lowest BCUT2D eigenvalue weighted by molar-refractivity contribution is 0.153. The van der Waals surface area contributed by atoms with E-state index < -0.39 is 10.0 Å². The molecule has 0 saturated heterocycles. The van der Waals surface area contributed by atoms with Crippen LogP contribution in [0.3, 0.4) is 0 Å². The summed E-state index contributed by atoms with van der Waals surface area (Å²) in [6, 6.07) is 5.92. The van der Waals surface area contributed by atoms with Crippen LogP contribution in [-0.4, -0.2) is 28.2 Å². The minimum absolute atomic E-state index is 0.0259. The van der Waals surface area contributed by atoms with Crippen LogP contribution in [0.4, 0.5) is 0 Å². The van der Waals surface area contributed by atoms with Crippen molar-refractivity contribution in [3.05, 3.63) is 28.8 Å². The van der Waals surface area contributed by atoms with Crippen LogP contribution in [0, 0.1) is 11.3 Å². The maximum Gasteiger partial charge on any atom is 0.242 e. The topological polar surface area (TPSA) is 79.2 Å². The fourth-order valence-corrected chi connectivity index (χ4v) is 2.81. The van der Waals surface area contributed by atoms with Gasteiger partial charge in [0.15, 0.2) is 0 Å². The zero-order valence-electron chi connectivity index (χ0n) is 9.81. The van der Waals surface area contributed by atoms with Crippen molar-refractivity contribution in [2.24, 2.45) is 0 Å². The molecule has 0 bridgehead atoms. The molecule has 0 aromatic heterocycles. The third-order valence-electron chi connectivity index (χ3n) is 2.09. The van der Waals surface area contributed by atoms with E-state index in [0.29, 0.717) is 18.8 Å². The van der Waals surface area contributed by atoms with Crippen LogP contribution in [0.25, 0.3) is 0 Å². The molecule has 5 nitrogen and oxygen atoms in total. The molecule has 0 spiro atoms. The van der Waals surface area contributed by atoms with Crippen molar-refractivity contribution in [2.75, 3.05) is 19.8 Å². The monoisotopic (exact) mass is 288 g/mol. The highest BCUT2D eigenvalue weighted by Crippen LogP contribution is 2.22. The molecule has 0 heterocycles. The number of sulfonamides is 1. The lowest BCUT2D eigenvalue weighted by atomic mass is 10.2. The Kier molecular flexibility index (Phi) is 5.56. The Morgan fingerprint density at radius 2 is 2.22 bits per heavy atom. The molecule has 0 unspecified atom stereocenters. The van der Waals surface area contributed by atoms with Crippen molar-refractivity contribution in [1.82, 2.24) is 4.72 Å². The molecule has 18 heavy (non-hydrogen) atoms. The van der Waals surface area contributed by atoms with Crippen LogP contribution < -0.4 is 4.72 Å². The third-order valence-corrected chi connectivity index (χ3v) is 4.04. The van der Waals surface area contributed by atoms with E-state index in [9.17, 15) is 8.42 Å². The molecular weight excluding hydrogens is 276 g/mol. The summed E-state index contributed by atoms with van der Waals surface area (Å²) in [4.78, 5) is -0.0420. The van der Waals surface area contributed by atoms with Crippen molar-refractivity contribution < 1.29 is 13.2 Å². The molecule has 0 aliphatic carbocycles. The molecule has 98 valence electrons. The Morgan fingerprint density at radius 1 is 1.50 bits per heavy atom. The molecule has 1 aromatic rings. The summed E-state index contributed by atoms with van der Waals surface area (Å²) < 4.78 is 31.2. The highest BCUT2D eigenvalue weighted by molar-refractivity contribution is 7.89. The Balaban J connectivity index is 2.82. The van der Waals surface area contributed by atoms with Crippen LogP contribution >= 0.6 is 11.6 Å². The maximum absolute atomic E-state index is 11.9. The van der Waals surface area contributed by atoms with E-state index in [2.05, 4.69) is 4.72 Å². The van der Waals surface area contributed by atoms with E-state index in [1.54, 1.807) is 0 Å². The van der Waals surface area contributed by atoms with Gasteiger partial charge >= 0.3 is 0 Å². The first-order valence-corrected chi connectivity index (χ1v) is 7.14. The Morgan fingerprint density at radius 3 is 2.78 bits per heavy atom. The van der Waals surface area contributed by atoms with Gasteiger partial charge in [-0.2, -0.15) is 5.26 Å². The summed E-state index contributed by atoms with van der Waals surface area (Å²) in [6.45, 7) is 2.82. The number of nitriles is 1. The van der Waals surface area contributed by atoms with E-state index in [-0.39, 0.29) is 16.5 Å². The summed E-state index contributed by atoms with van der Waals surface area (Å²) >= 11 is 5.83. The average Bonchev–Trinajstić information content (AvgIpc) is 2.34. The molecule has 1 N–H and O–H groups in total. The lowest BCUT2D eigenvalue weighted by Crippen LogP contribution is -2.27. The van der Waals surface area contributed by atoms with Crippen LogP contribution in [0.2, 0.25) is 5.02 Å². The van der Waals surface area contributed by atoms with Gasteiger partial charge < -0.3 is 4.74 Å². The highest BCUT2D eigenvalue weighted by Gasteiger charge is 2.17. The third kappa shape index (κ3) is 3.96. The van der Waals surface area contributed by atoms with Crippen LogP contribution in [0.15, 0.2) is 23.1 Å². The number of benzene rings is 1. The van der Waals surface area contributed by atoms with Gasteiger partial charge in [-0.25, -0.2) is 13.1 Å². The second-order valence-corrected chi connectivity index (χ2v) is 5.49. The number of ether oxygens (including phenoxy) is 1. The Labute approximate surface area is 111 Å². The zero-order chi connectivity index (χ0) is 13.6. The van der Waals surface area contributed by atoms with Gasteiger partial charge in [0.2, 0.25) is 10.0 Å². The molecule has 0 amide bonds. The van der Waals surface area contributed by atoms with Crippen LogP contribution in [-0.2, 0) is 14.8 Å². The summed E-state index contributed by atoms with van der Waals surface area (Å²) in [5, 5.41) is 8.69. The molecule has 0 aliphatic rings. The number of rotatable bonds is 6. The number of hydrogen-bond acceptors (Lipinski definition) is 4. The molecule has 0 radical (unpaired) electrons. The smallest absolute Gasteiger partial charge is 0.242 e. The normalized spacial score (nSPS) is 11.2. The number of nitrogens with zero attached hydrogens (tertiary/aromatic N) is 1. The second kappa shape index (κ2) is 6.71. The first kappa shape index (κ1) is 14.9. The molecule has 7 heteroatoms. The Hall–Kier alpha value is -1.13. The van der Waals surface area contributed by atoms with Gasteiger partial charge in [0.25, 0.3) is 0 Å². The summed E-state index contributed by atoms with van der Waals surface area (Å²) in [5.74, 6) is 0.